The SMILES string of the molecule is COc1cc(C2(CN)CCCCC2)ccc1O. The molecule has 1 fully saturated rings. The van der Waals surface area contributed by atoms with Gasteiger partial charge in [-0.15, -0.1) is 0 Å². The molecule has 0 aromatic heterocycles. The smallest absolute Gasteiger partial charge is 0.160 e. The maximum Gasteiger partial charge on any atom is 0.160 e. The first-order chi connectivity index (χ1) is 8.22. The molecule has 0 unspecified atom stereocenters. The highest BCUT2D eigenvalue weighted by Crippen LogP contribution is 2.41. The highest BCUT2D eigenvalue weighted by atomic mass is 16.5. The van der Waals surface area contributed by atoms with Crippen LogP contribution < -0.4 is 10.5 Å². The van der Waals surface area contributed by atoms with Crippen molar-refractivity contribution >= 4 is 0 Å². The zero-order valence-electron chi connectivity index (χ0n) is 10.4. The summed E-state index contributed by atoms with van der Waals surface area (Å²) in [6.07, 6.45) is 6.05. The maximum atomic E-state index is 9.63. The van der Waals surface area contributed by atoms with Crippen LogP contribution in [0.4, 0.5) is 0 Å². The van der Waals surface area contributed by atoms with Gasteiger partial charge in [-0.25, -0.2) is 0 Å². The van der Waals surface area contributed by atoms with Gasteiger partial charge in [-0.05, 0) is 30.5 Å². The van der Waals surface area contributed by atoms with Gasteiger partial charge >= 0.3 is 0 Å². The lowest BCUT2D eigenvalue weighted by Crippen LogP contribution is -2.37. The van der Waals surface area contributed by atoms with Crippen LogP contribution in [0, 0.1) is 0 Å². The van der Waals surface area contributed by atoms with Crippen molar-refractivity contribution in [2.45, 2.75) is 37.5 Å². The molecule has 0 radical (unpaired) electrons. The van der Waals surface area contributed by atoms with E-state index in [1.807, 2.05) is 12.1 Å². The van der Waals surface area contributed by atoms with Gasteiger partial charge < -0.3 is 15.6 Å². The number of hydrogen-bond donors (Lipinski definition) is 2. The van der Waals surface area contributed by atoms with Gasteiger partial charge in [0.25, 0.3) is 0 Å². The van der Waals surface area contributed by atoms with Crippen LogP contribution in [0.15, 0.2) is 18.2 Å². The molecule has 3 N–H and O–H groups in total. The summed E-state index contributed by atoms with van der Waals surface area (Å²) < 4.78 is 5.18. The summed E-state index contributed by atoms with van der Waals surface area (Å²) in [7, 11) is 1.58. The lowest BCUT2D eigenvalue weighted by atomic mass is 9.69. The summed E-state index contributed by atoms with van der Waals surface area (Å²) in [5.74, 6) is 0.736. The first-order valence-electron chi connectivity index (χ1n) is 6.29. The summed E-state index contributed by atoms with van der Waals surface area (Å²) >= 11 is 0. The number of ether oxygens (including phenoxy) is 1. The molecule has 2 rings (SSSR count). The Morgan fingerprint density at radius 2 is 2.00 bits per heavy atom. The third-order valence-electron chi connectivity index (χ3n) is 3.99. The minimum Gasteiger partial charge on any atom is -0.504 e. The van der Waals surface area contributed by atoms with E-state index in [-0.39, 0.29) is 11.2 Å². The van der Waals surface area contributed by atoms with E-state index in [1.54, 1.807) is 13.2 Å². The number of hydrogen-bond acceptors (Lipinski definition) is 3. The molecule has 1 saturated carbocycles. The average Bonchev–Trinajstić information content (AvgIpc) is 2.40. The van der Waals surface area contributed by atoms with E-state index in [4.69, 9.17) is 10.5 Å². The number of phenolic OH excluding ortho intramolecular Hbond substituents is 1. The second-order valence-corrected chi connectivity index (χ2v) is 4.93. The van der Waals surface area contributed by atoms with Crippen LogP contribution >= 0.6 is 0 Å². The minimum absolute atomic E-state index is 0.0826. The highest BCUT2D eigenvalue weighted by molar-refractivity contribution is 5.44. The Labute approximate surface area is 103 Å². The molecule has 94 valence electrons. The molecule has 3 nitrogen and oxygen atoms in total. The van der Waals surface area contributed by atoms with Gasteiger partial charge in [0.05, 0.1) is 7.11 Å². The van der Waals surface area contributed by atoms with E-state index >= 15 is 0 Å². The molecule has 1 aliphatic carbocycles. The standard InChI is InChI=1S/C14H21NO2/c1-17-13-9-11(5-6-12(13)16)14(10-15)7-3-2-4-8-14/h5-6,9,16H,2-4,7-8,10,15H2,1H3. The maximum absolute atomic E-state index is 9.63. The zero-order valence-corrected chi connectivity index (χ0v) is 10.4. The van der Waals surface area contributed by atoms with Crippen molar-refractivity contribution in [3.8, 4) is 11.5 Å². The normalized spacial score (nSPS) is 18.9. The molecule has 1 aliphatic rings. The molecule has 17 heavy (non-hydrogen) atoms. The van der Waals surface area contributed by atoms with E-state index in [0.717, 1.165) is 12.8 Å². The summed E-state index contributed by atoms with van der Waals surface area (Å²) in [6.45, 7) is 0.668. The number of phenols is 1. The monoisotopic (exact) mass is 235 g/mol. The van der Waals surface area contributed by atoms with E-state index in [2.05, 4.69) is 0 Å². The Kier molecular flexibility index (Phi) is 3.57. The van der Waals surface area contributed by atoms with Crippen LogP contribution in [0.5, 0.6) is 11.5 Å². The molecule has 1 aromatic rings. The lowest BCUT2D eigenvalue weighted by molar-refractivity contribution is 0.298. The average molecular weight is 235 g/mol. The molecule has 0 bridgehead atoms. The van der Waals surface area contributed by atoms with Crippen molar-refractivity contribution in [3.05, 3.63) is 23.8 Å². The van der Waals surface area contributed by atoms with E-state index in [0.29, 0.717) is 12.3 Å². The second-order valence-electron chi connectivity index (χ2n) is 4.93. The Balaban J connectivity index is 2.36. The molecule has 3 heteroatoms. The number of rotatable bonds is 3. The van der Waals surface area contributed by atoms with Crippen LogP contribution in [0.2, 0.25) is 0 Å². The molecular weight excluding hydrogens is 214 g/mol. The number of nitrogens with two attached hydrogens (primary N) is 1. The molecule has 0 atom stereocenters. The van der Waals surface area contributed by atoms with Gasteiger partial charge in [-0.1, -0.05) is 25.3 Å². The lowest BCUT2D eigenvalue weighted by Gasteiger charge is -2.37. The van der Waals surface area contributed by atoms with Crippen LogP contribution in [0.25, 0.3) is 0 Å². The van der Waals surface area contributed by atoms with Crippen molar-refractivity contribution in [3.63, 3.8) is 0 Å². The summed E-state index contributed by atoms with van der Waals surface area (Å²) in [6, 6.07) is 5.63. The Bertz CT molecular complexity index is 384. The summed E-state index contributed by atoms with van der Waals surface area (Å²) in [4.78, 5) is 0. The number of methoxy groups -OCH3 is 1. The van der Waals surface area contributed by atoms with Crippen molar-refractivity contribution in [1.82, 2.24) is 0 Å². The van der Waals surface area contributed by atoms with Gasteiger partial charge in [-0.3, -0.25) is 0 Å². The third kappa shape index (κ3) is 2.25. The molecule has 0 heterocycles. The number of aromatic hydroxyl groups is 1. The summed E-state index contributed by atoms with van der Waals surface area (Å²) in [5, 5.41) is 9.63. The topological polar surface area (TPSA) is 55.5 Å². The van der Waals surface area contributed by atoms with Gasteiger partial charge in [0.15, 0.2) is 11.5 Å². The van der Waals surface area contributed by atoms with Gasteiger partial charge in [-0.2, -0.15) is 0 Å². The molecule has 0 amide bonds. The highest BCUT2D eigenvalue weighted by Gasteiger charge is 2.32. The largest absolute Gasteiger partial charge is 0.504 e. The van der Waals surface area contributed by atoms with E-state index in [1.165, 1.54) is 24.8 Å². The Hall–Kier alpha value is -1.22. The van der Waals surface area contributed by atoms with Crippen LogP contribution in [0.3, 0.4) is 0 Å². The molecule has 0 aliphatic heterocycles. The van der Waals surface area contributed by atoms with Crippen LogP contribution in [-0.4, -0.2) is 18.8 Å². The Morgan fingerprint density at radius 1 is 1.29 bits per heavy atom. The molecule has 1 aromatic carbocycles. The van der Waals surface area contributed by atoms with Gasteiger partial charge in [0.1, 0.15) is 0 Å². The van der Waals surface area contributed by atoms with Crippen molar-refractivity contribution in [2.24, 2.45) is 5.73 Å². The van der Waals surface area contributed by atoms with Gasteiger partial charge in [0.2, 0.25) is 0 Å². The van der Waals surface area contributed by atoms with E-state index in [9.17, 15) is 5.11 Å². The summed E-state index contributed by atoms with van der Waals surface area (Å²) in [5.41, 5.74) is 7.28. The minimum atomic E-state index is 0.0826. The second kappa shape index (κ2) is 4.96. The molecular formula is C14H21NO2. The van der Waals surface area contributed by atoms with Crippen molar-refractivity contribution in [2.75, 3.05) is 13.7 Å². The number of benzene rings is 1. The fraction of sp³-hybridized carbons (Fsp3) is 0.571. The first-order valence-corrected chi connectivity index (χ1v) is 6.29. The predicted molar refractivity (Wildman–Crippen MR) is 68.5 cm³/mol. The zero-order chi connectivity index (χ0) is 12.3. The van der Waals surface area contributed by atoms with Gasteiger partial charge in [0, 0.05) is 12.0 Å². The Morgan fingerprint density at radius 3 is 2.59 bits per heavy atom. The fourth-order valence-corrected chi connectivity index (χ4v) is 2.85. The predicted octanol–water partition coefficient (Wildman–Crippen LogP) is 2.56. The van der Waals surface area contributed by atoms with Crippen molar-refractivity contribution < 1.29 is 9.84 Å². The van der Waals surface area contributed by atoms with E-state index < -0.39 is 0 Å². The quantitative estimate of drug-likeness (QED) is 0.846. The first kappa shape index (κ1) is 12.2. The van der Waals surface area contributed by atoms with Crippen LogP contribution in [-0.2, 0) is 5.41 Å². The van der Waals surface area contributed by atoms with Crippen LogP contribution in [0.1, 0.15) is 37.7 Å². The molecule has 0 saturated heterocycles. The fourth-order valence-electron chi connectivity index (χ4n) is 2.85. The molecule has 0 spiro atoms. The van der Waals surface area contributed by atoms with Crippen molar-refractivity contribution in [1.29, 1.82) is 0 Å². The third-order valence-corrected chi connectivity index (χ3v) is 3.99.